The van der Waals surface area contributed by atoms with Crippen LogP contribution in [-0.4, -0.2) is 34.2 Å². The van der Waals surface area contributed by atoms with Gasteiger partial charge in [0.2, 0.25) is 5.91 Å². The van der Waals surface area contributed by atoms with Crippen molar-refractivity contribution in [1.29, 1.82) is 0 Å². The SMILES string of the molecule is COc1ccc(CNC(=O)Cn2c(C)cc3nc4n(c(=O)c32)CCCC4)cc1OC. The van der Waals surface area contributed by atoms with Crippen molar-refractivity contribution in [2.75, 3.05) is 14.2 Å². The van der Waals surface area contributed by atoms with Gasteiger partial charge in [-0.25, -0.2) is 4.98 Å². The number of nitrogens with zero attached hydrogens (tertiary/aromatic N) is 3. The maximum atomic E-state index is 13.0. The van der Waals surface area contributed by atoms with Gasteiger partial charge in [0.05, 0.1) is 19.7 Å². The molecule has 30 heavy (non-hydrogen) atoms. The highest BCUT2D eigenvalue weighted by molar-refractivity contribution is 5.81. The average molecular weight is 410 g/mol. The molecule has 0 saturated carbocycles. The Balaban J connectivity index is 1.54. The Hall–Kier alpha value is -3.29. The van der Waals surface area contributed by atoms with Gasteiger partial charge < -0.3 is 19.4 Å². The third kappa shape index (κ3) is 3.65. The van der Waals surface area contributed by atoms with Gasteiger partial charge in [-0.2, -0.15) is 0 Å². The number of aromatic nitrogens is 3. The summed E-state index contributed by atoms with van der Waals surface area (Å²) in [6.07, 6.45) is 2.85. The molecule has 0 atom stereocenters. The number of ether oxygens (including phenoxy) is 2. The van der Waals surface area contributed by atoms with E-state index in [9.17, 15) is 9.59 Å². The van der Waals surface area contributed by atoms with Crippen LogP contribution < -0.4 is 20.3 Å². The maximum absolute atomic E-state index is 13.0. The third-order valence-corrected chi connectivity index (χ3v) is 5.56. The molecule has 158 valence electrons. The number of hydrogen-bond acceptors (Lipinski definition) is 5. The highest BCUT2D eigenvalue weighted by Gasteiger charge is 2.19. The first-order chi connectivity index (χ1) is 14.5. The van der Waals surface area contributed by atoms with E-state index in [1.807, 2.05) is 25.1 Å². The van der Waals surface area contributed by atoms with Crippen molar-refractivity contribution < 1.29 is 14.3 Å². The lowest BCUT2D eigenvalue weighted by atomic mass is 10.1. The molecule has 8 heteroatoms. The van der Waals surface area contributed by atoms with Crippen LogP contribution in [0.5, 0.6) is 11.5 Å². The summed E-state index contributed by atoms with van der Waals surface area (Å²) in [5.41, 5.74) is 2.85. The topological polar surface area (TPSA) is 87.4 Å². The van der Waals surface area contributed by atoms with Crippen LogP contribution in [0.15, 0.2) is 29.1 Å². The Bertz CT molecular complexity index is 1160. The molecule has 0 unspecified atom stereocenters. The molecule has 1 amide bonds. The minimum atomic E-state index is -0.174. The summed E-state index contributed by atoms with van der Waals surface area (Å²) < 4.78 is 14.1. The lowest BCUT2D eigenvalue weighted by Gasteiger charge is -2.17. The lowest BCUT2D eigenvalue weighted by Crippen LogP contribution is -2.32. The number of methoxy groups -OCH3 is 2. The van der Waals surface area contributed by atoms with E-state index in [0.717, 1.165) is 36.3 Å². The Kier molecular flexibility index (Phi) is 5.48. The molecule has 4 rings (SSSR count). The van der Waals surface area contributed by atoms with Crippen molar-refractivity contribution in [3.8, 4) is 11.5 Å². The zero-order chi connectivity index (χ0) is 21.3. The van der Waals surface area contributed by atoms with Gasteiger partial charge in [0, 0.05) is 25.2 Å². The van der Waals surface area contributed by atoms with E-state index in [1.54, 1.807) is 29.4 Å². The first kappa shape index (κ1) is 20.0. The van der Waals surface area contributed by atoms with Crippen molar-refractivity contribution in [3.63, 3.8) is 0 Å². The summed E-state index contributed by atoms with van der Waals surface area (Å²) in [6, 6.07) is 7.39. The zero-order valence-corrected chi connectivity index (χ0v) is 17.5. The lowest BCUT2D eigenvalue weighted by molar-refractivity contribution is -0.121. The molecule has 1 aromatic carbocycles. The minimum Gasteiger partial charge on any atom is -0.493 e. The number of aryl methyl sites for hydroxylation is 2. The second-order valence-corrected chi connectivity index (χ2v) is 7.51. The van der Waals surface area contributed by atoms with Gasteiger partial charge in [0.1, 0.15) is 17.9 Å². The fourth-order valence-electron chi connectivity index (χ4n) is 3.98. The molecule has 0 fully saturated rings. The van der Waals surface area contributed by atoms with Crippen LogP contribution in [0.3, 0.4) is 0 Å². The highest BCUT2D eigenvalue weighted by atomic mass is 16.5. The second kappa shape index (κ2) is 8.22. The van der Waals surface area contributed by atoms with Crippen LogP contribution in [0, 0.1) is 6.92 Å². The van der Waals surface area contributed by atoms with Gasteiger partial charge in [-0.1, -0.05) is 6.07 Å². The van der Waals surface area contributed by atoms with Gasteiger partial charge >= 0.3 is 0 Å². The molecule has 0 radical (unpaired) electrons. The number of benzene rings is 1. The van der Waals surface area contributed by atoms with E-state index < -0.39 is 0 Å². The molecule has 0 saturated heterocycles. The van der Waals surface area contributed by atoms with E-state index in [2.05, 4.69) is 10.3 Å². The fraction of sp³-hybridized carbons (Fsp3) is 0.409. The fourth-order valence-corrected chi connectivity index (χ4v) is 3.98. The monoisotopic (exact) mass is 410 g/mol. The quantitative estimate of drug-likeness (QED) is 0.673. The van der Waals surface area contributed by atoms with E-state index in [1.165, 1.54) is 0 Å². The molecule has 1 aliphatic rings. The Morgan fingerprint density at radius 2 is 1.97 bits per heavy atom. The number of rotatable bonds is 6. The Morgan fingerprint density at radius 3 is 2.73 bits per heavy atom. The molecule has 3 aromatic rings. The summed E-state index contributed by atoms with van der Waals surface area (Å²) in [7, 11) is 3.16. The van der Waals surface area contributed by atoms with Crippen molar-refractivity contribution in [2.24, 2.45) is 0 Å². The normalized spacial score (nSPS) is 13.2. The molecule has 3 heterocycles. The molecule has 1 N–H and O–H groups in total. The van der Waals surface area contributed by atoms with E-state index in [-0.39, 0.29) is 18.0 Å². The molecular formula is C22H26N4O4. The maximum Gasteiger partial charge on any atom is 0.278 e. The van der Waals surface area contributed by atoms with Gasteiger partial charge in [-0.15, -0.1) is 0 Å². The number of hydrogen-bond donors (Lipinski definition) is 1. The molecule has 8 nitrogen and oxygen atoms in total. The Morgan fingerprint density at radius 1 is 1.17 bits per heavy atom. The van der Waals surface area contributed by atoms with Crippen molar-refractivity contribution in [3.05, 3.63) is 51.7 Å². The van der Waals surface area contributed by atoms with E-state index >= 15 is 0 Å². The molecule has 0 bridgehead atoms. The van der Waals surface area contributed by atoms with Gasteiger partial charge in [-0.05, 0) is 43.5 Å². The van der Waals surface area contributed by atoms with Gasteiger partial charge in [0.25, 0.3) is 5.56 Å². The van der Waals surface area contributed by atoms with Crippen molar-refractivity contribution in [1.82, 2.24) is 19.4 Å². The summed E-state index contributed by atoms with van der Waals surface area (Å²) in [5, 5.41) is 2.91. The predicted molar refractivity (Wildman–Crippen MR) is 113 cm³/mol. The van der Waals surface area contributed by atoms with Crippen LogP contribution in [0.25, 0.3) is 11.0 Å². The van der Waals surface area contributed by atoms with E-state index in [0.29, 0.717) is 35.6 Å². The molecule has 2 aromatic heterocycles. The number of amides is 1. The first-order valence-electron chi connectivity index (χ1n) is 10.1. The molecule has 1 aliphatic heterocycles. The molecule has 0 spiro atoms. The van der Waals surface area contributed by atoms with Crippen LogP contribution in [0.2, 0.25) is 0 Å². The van der Waals surface area contributed by atoms with Crippen LogP contribution >= 0.6 is 0 Å². The molecular weight excluding hydrogens is 384 g/mol. The highest BCUT2D eigenvalue weighted by Crippen LogP contribution is 2.27. The number of nitrogens with one attached hydrogen (secondary N) is 1. The number of carbonyl (C=O) groups is 1. The van der Waals surface area contributed by atoms with Gasteiger partial charge in [0.15, 0.2) is 11.5 Å². The number of carbonyl (C=O) groups excluding carboxylic acids is 1. The summed E-state index contributed by atoms with van der Waals surface area (Å²) >= 11 is 0. The third-order valence-electron chi connectivity index (χ3n) is 5.56. The zero-order valence-electron chi connectivity index (χ0n) is 17.5. The van der Waals surface area contributed by atoms with Crippen LogP contribution in [-0.2, 0) is 30.8 Å². The second-order valence-electron chi connectivity index (χ2n) is 7.51. The summed E-state index contributed by atoms with van der Waals surface area (Å²) in [5.74, 6) is 1.92. The predicted octanol–water partition coefficient (Wildman–Crippen LogP) is 2.18. The van der Waals surface area contributed by atoms with E-state index in [4.69, 9.17) is 9.47 Å². The summed E-state index contributed by atoms with van der Waals surface area (Å²) in [6.45, 7) is 3.00. The summed E-state index contributed by atoms with van der Waals surface area (Å²) in [4.78, 5) is 30.4. The minimum absolute atomic E-state index is 0.0597. The first-order valence-corrected chi connectivity index (χ1v) is 10.1. The van der Waals surface area contributed by atoms with Gasteiger partial charge in [-0.3, -0.25) is 14.2 Å². The molecule has 0 aliphatic carbocycles. The van der Waals surface area contributed by atoms with Crippen LogP contribution in [0.1, 0.15) is 29.9 Å². The van der Waals surface area contributed by atoms with Crippen molar-refractivity contribution >= 4 is 16.9 Å². The average Bonchev–Trinajstić information content (AvgIpc) is 3.07. The largest absolute Gasteiger partial charge is 0.493 e. The Labute approximate surface area is 174 Å². The smallest absolute Gasteiger partial charge is 0.278 e. The number of fused-ring (bicyclic) bond motifs is 2. The van der Waals surface area contributed by atoms with Crippen molar-refractivity contribution in [2.45, 2.75) is 45.8 Å². The standard InChI is InChI=1S/C22H26N4O4/c1-14-10-16-21(22(28)25-9-5-4-6-19(25)24-16)26(14)13-20(27)23-12-15-7-8-17(29-2)18(11-15)30-3/h7-8,10-11H,4-6,9,12-13H2,1-3H3,(H,23,27). The van der Waals surface area contributed by atoms with Crippen LogP contribution in [0.4, 0.5) is 0 Å².